The third-order valence-electron chi connectivity index (χ3n) is 3.71. The highest BCUT2D eigenvalue weighted by molar-refractivity contribution is 4.95. The summed E-state index contributed by atoms with van der Waals surface area (Å²) in [6.07, 6.45) is 9.20. The van der Waals surface area contributed by atoms with Crippen molar-refractivity contribution >= 4 is 0 Å². The van der Waals surface area contributed by atoms with Gasteiger partial charge in [0.2, 0.25) is 0 Å². The molecule has 0 N–H and O–H groups in total. The lowest BCUT2D eigenvalue weighted by molar-refractivity contribution is 0.0886. The first-order valence-electron chi connectivity index (χ1n) is 4.33. The molecular formula is C9H16. The molecule has 2 saturated carbocycles. The maximum absolute atomic E-state index is 2.45. The zero-order valence-corrected chi connectivity index (χ0v) is 6.32. The van der Waals surface area contributed by atoms with Gasteiger partial charge in [-0.15, -0.1) is 0 Å². The molecule has 0 aliphatic heterocycles. The molecule has 1 spiro atoms. The highest BCUT2D eigenvalue weighted by atomic mass is 14.5. The lowest BCUT2D eigenvalue weighted by atomic mass is 9.63. The van der Waals surface area contributed by atoms with Crippen LogP contribution in [-0.4, -0.2) is 0 Å². The fourth-order valence-electron chi connectivity index (χ4n) is 2.69. The van der Waals surface area contributed by atoms with Crippen molar-refractivity contribution in [1.29, 1.82) is 0 Å². The van der Waals surface area contributed by atoms with E-state index < -0.39 is 0 Å². The first-order chi connectivity index (χ1) is 4.33. The van der Waals surface area contributed by atoms with Gasteiger partial charge in [-0.2, -0.15) is 0 Å². The van der Waals surface area contributed by atoms with Crippen molar-refractivity contribution in [3.63, 3.8) is 0 Å². The van der Waals surface area contributed by atoms with Gasteiger partial charge in [0, 0.05) is 0 Å². The molecule has 2 rings (SSSR count). The number of hydrogen-bond acceptors (Lipinski definition) is 0. The van der Waals surface area contributed by atoms with Gasteiger partial charge in [-0.05, 0) is 30.6 Å². The van der Waals surface area contributed by atoms with Gasteiger partial charge in [0.25, 0.3) is 0 Å². The van der Waals surface area contributed by atoms with Crippen LogP contribution in [0.15, 0.2) is 0 Å². The molecule has 0 bridgehead atoms. The summed E-state index contributed by atoms with van der Waals surface area (Å²) in [5.74, 6) is 1.06. The van der Waals surface area contributed by atoms with Gasteiger partial charge < -0.3 is 0 Å². The normalized spacial score (nSPS) is 39.0. The van der Waals surface area contributed by atoms with E-state index in [0.29, 0.717) is 0 Å². The second kappa shape index (κ2) is 1.74. The van der Waals surface area contributed by atoms with Gasteiger partial charge in [0.1, 0.15) is 0 Å². The Balaban J connectivity index is 2.09. The van der Waals surface area contributed by atoms with E-state index in [2.05, 4.69) is 6.92 Å². The molecule has 0 aromatic carbocycles. The van der Waals surface area contributed by atoms with Crippen molar-refractivity contribution in [1.82, 2.24) is 0 Å². The minimum Gasteiger partial charge on any atom is -0.0620 e. The molecule has 0 heteroatoms. The fourth-order valence-corrected chi connectivity index (χ4v) is 2.69. The van der Waals surface area contributed by atoms with Crippen LogP contribution < -0.4 is 0 Å². The van der Waals surface area contributed by atoms with Crippen LogP contribution in [0.25, 0.3) is 0 Å². The van der Waals surface area contributed by atoms with Crippen LogP contribution in [0.3, 0.4) is 0 Å². The Bertz CT molecular complexity index is 111. The summed E-state index contributed by atoms with van der Waals surface area (Å²) >= 11 is 0. The predicted octanol–water partition coefficient (Wildman–Crippen LogP) is 2.98. The third kappa shape index (κ3) is 0.653. The van der Waals surface area contributed by atoms with Gasteiger partial charge >= 0.3 is 0 Å². The van der Waals surface area contributed by atoms with Crippen LogP contribution >= 0.6 is 0 Å². The van der Waals surface area contributed by atoms with Crippen LogP contribution in [0.2, 0.25) is 0 Å². The maximum atomic E-state index is 2.45. The van der Waals surface area contributed by atoms with E-state index in [-0.39, 0.29) is 0 Å². The highest BCUT2D eigenvalue weighted by Gasteiger charge is 2.44. The van der Waals surface area contributed by atoms with E-state index in [1.165, 1.54) is 19.3 Å². The molecule has 0 aromatic heterocycles. The van der Waals surface area contributed by atoms with Gasteiger partial charge in [0.05, 0.1) is 0 Å². The van der Waals surface area contributed by atoms with E-state index in [0.717, 1.165) is 11.3 Å². The quantitative estimate of drug-likeness (QED) is 0.465. The molecule has 0 unspecified atom stereocenters. The molecule has 0 nitrogen and oxygen atoms in total. The summed E-state index contributed by atoms with van der Waals surface area (Å²) in [5, 5.41) is 0. The minimum atomic E-state index is 0.875. The van der Waals surface area contributed by atoms with Crippen molar-refractivity contribution in [3.8, 4) is 0 Å². The monoisotopic (exact) mass is 124 g/mol. The topological polar surface area (TPSA) is 0 Å². The van der Waals surface area contributed by atoms with Crippen molar-refractivity contribution in [2.45, 2.75) is 45.4 Å². The van der Waals surface area contributed by atoms with E-state index >= 15 is 0 Å². The summed E-state index contributed by atoms with van der Waals surface area (Å²) in [4.78, 5) is 0. The molecule has 2 aliphatic carbocycles. The third-order valence-corrected chi connectivity index (χ3v) is 3.71. The van der Waals surface area contributed by atoms with Crippen LogP contribution in [0, 0.1) is 11.3 Å². The largest absolute Gasteiger partial charge is 0.0620 e. The van der Waals surface area contributed by atoms with Gasteiger partial charge in [-0.1, -0.05) is 26.2 Å². The first-order valence-corrected chi connectivity index (χ1v) is 4.33. The summed E-state index contributed by atoms with van der Waals surface area (Å²) < 4.78 is 0. The average molecular weight is 124 g/mol. The molecule has 0 heterocycles. The smallest absolute Gasteiger partial charge is 0.0272 e. The second-order valence-electron chi connectivity index (χ2n) is 4.01. The summed E-state index contributed by atoms with van der Waals surface area (Å²) in [6.45, 7) is 2.45. The molecule has 2 fully saturated rings. The highest BCUT2D eigenvalue weighted by Crippen LogP contribution is 2.56. The van der Waals surface area contributed by atoms with Crippen LogP contribution in [0.1, 0.15) is 45.4 Å². The molecule has 0 saturated heterocycles. The minimum absolute atomic E-state index is 0.875. The molecule has 2 aliphatic rings. The summed E-state index contributed by atoms with van der Waals surface area (Å²) in [6, 6.07) is 0. The predicted molar refractivity (Wildman–Crippen MR) is 39.3 cm³/mol. The molecule has 0 amide bonds. The summed E-state index contributed by atoms with van der Waals surface area (Å²) in [5.41, 5.74) is 0.875. The SMILES string of the molecule is C[C@H]1CCCC12CCC2. The maximum Gasteiger partial charge on any atom is -0.0272 e. The Morgan fingerprint density at radius 3 is 2.00 bits per heavy atom. The van der Waals surface area contributed by atoms with Crippen molar-refractivity contribution in [3.05, 3.63) is 0 Å². The van der Waals surface area contributed by atoms with E-state index in [9.17, 15) is 0 Å². The van der Waals surface area contributed by atoms with Crippen LogP contribution in [0.5, 0.6) is 0 Å². The van der Waals surface area contributed by atoms with Crippen molar-refractivity contribution < 1.29 is 0 Å². The Morgan fingerprint density at radius 2 is 1.78 bits per heavy atom. The zero-order valence-electron chi connectivity index (χ0n) is 6.32. The fraction of sp³-hybridized carbons (Fsp3) is 1.00. The van der Waals surface area contributed by atoms with E-state index in [4.69, 9.17) is 0 Å². The second-order valence-corrected chi connectivity index (χ2v) is 4.01. The van der Waals surface area contributed by atoms with Gasteiger partial charge in [-0.25, -0.2) is 0 Å². The standard InChI is InChI=1S/C9H16/c1-8-4-2-5-9(8)6-3-7-9/h8H,2-7H2,1H3/t8-/m0/s1. The average Bonchev–Trinajstić information content (AvgIpc) is 2.07. The van der Waals surface area contributed by atoms with E-state index in [1.54, 1.807) is 19.3 Å². The van der Waals surface area contributed by atoms with Crippen LogP contribution in [-0.2, 0) is 0 Å². The molecule has 0 radical (unpaired) electrons. The molecule has 52 valence electrons. The number of hydrogen-bond donors (Lipinski definition) is 0. The molecule has 9 heavy (non-hydrogen) atoms. The van der Waals surface area contributed by atoms with Crippen LogP contribution in [0.4, 0.5) is 0 Å². The Hall–Kier alpha value is 0. The molecule has 0 aromatic rings. The zero-order chi connectivity index (χ0) is 6.32. The van der Waals surface area contributed by atoms with Crippen molar-refractivity contribution in [2.24, 2.45) is 11.3 Å². The Morgan fingerprint density at radius 1 is 1.11 bits per heavy atom. The number of rotatable bonds is 0. The Labute approximate surface area is 57.6 Å². The van der Waals surface area contributed by atoms with E-state index in [1.807, 2.05) is 0 Å². The van der Waals surface area contributed by atoms with Gasteiger partial charge in [0.15, 0.2) is 0 Å². The molecular weight excluding hydrogens is 108 g/mol. The summed E-state index contributed by atoms with van der Waals surface area (Å²) in [7, 11) is 0. The lowest BCUT2D eigenvalue weighted by Crippen LogP contribution is -2.31. The molecule has 1 atom stereocenters. The first kappa shape index (κ1) is 5.76. The van der Waals surface area contributed by atoms with Gasteiger partial charge in [-0.3, -0.25) is 0 Å². The van der Waals surface area contributed by atoms with Crippen molar-refractivity contribution in [2.75, 3.05) is 0 Å². The lowest BCUT2D eigenvalue weighted by Gasteiger charge is -2.42. The Kier molecular flexibility index (Phi) is 1.12.